The fourth-order valence-electron chi connectivity index (χ4n) is 1.88. The fraction of sp³-hybridized carbons (Fsp3) is 0.286. The molecule has 0 saturated carbocycles. The highest BCUT2D eigenvalue weighted by Gasteiger charge is 2.15. The molecule has 2 rings (SSSR count). The third-order valence-electron chi connectivity index (χ3n) is 3.04. The number of nitrogens with two attached hydrogens (primary N) is 1. The summed E-state index contributed by atoms with van der Waals surface area (Å²) in [6.07, 6.45) is 0.710. The summed E-state index contributed by atoms with van der Waals surface area (Å²) in [5.74, 6) is 0.463. The van der Waals surface area contributed by atoms with Crippen molar-refractivity contribution >= 4 is 11.6 Å². The quantitative estimate of drug-likeness (QED) is 0.770. The van der Waals surface area contributed by atoms with E-state index in [4.69, 9.17) is 10.5 Å². The molecule has 20 heavy (non-hydrogen) atoms. The van der Waals surface area contributed by atoms with Crippen molar-refractivity contribution in [2.24, 2.45) is 0 Å². The third-order valence-corrected chi connectivity index (χ3v) is 3.04. The van der Waals surface area contributed by atoms with Gasteiger partial charge in [-0.2, -0.15) is 5.10 Å². The Morgan fingerprint density at radius 3 is 2.95 bits per heavy atom. The van der Waals surface area contributed by atoms with Gasteiger partial charge in [-0.25, -0.2) is 0 Å². The van der Waals surface area contributed by atoms with Crippen LogP contribution in [0, 0.1) is 0 Å². The minimum absolute atomic E-state index is 0.241. The Labute approximate surface area is 117 Å². The molecule has 0 aliphatic rings. The number of hydrogen-bond donors (Lipinski definition) is 3. The van der Waals surface area contributed by atoms with Crippen LogP contribution in [0.3, 0.4) is 0 Å². The summed E-state index contributed by atoms with van der Waals surface area (Å²) in [7, 11) is 1.61. The normalized spacial score (nSPS) is 10.3. The van der Waals surface area contributed by atoms with Crippen molar-refractivity contribution in [2.45, 2.75) is 19.9 Å². The molecular formula is C14H18N4O2. The van der Waals surface area contributed by atoms with Crippen LogP contribution in [0.25, 0.3) is 0 Å². The number of nitrogen functional groups attached to an aromatic ring is 1. The Balaban J connectivity index is 2.02. The summed E-state index contributed by atoms with van der Waals surface area (Å²) in [6, 6.07) is 7.50. The number of H-pyrrole nitrogens is 1. The molecule has 4 N–H and O–H groups in total. The molecule has 1 aromatic carbocycles. The molecule has 1 aromatic heterocycles. The van der Waals surface area contributed by atoms with E-state index in [1.165, 1.54) is 0 Å². The van der Waals surface area contributed by atoms with E-state index in [0.29, 0.717) is 18.7 Å². The lowest BCUT2D eigenvalue weighted by Gasteiger charge is -2.06. The van der Waals surface area contributed by atoms with Gasteiger partial charge in [-0.3, -0.25) is 9.89 Å². The zero-order chi connectivity index (χ0) is 14.5. The predicted octanol–water partition coefficient (Wildman–Crippen LogP) is 1.49. The molecule has 106 valence electrons. The van der Waals surface area contributed by atoms with E-state index in [0.717, 1.165) is 17.0 Å². The molecule has 6 nitrogen and oxygen atoms in total. The first kappa shape index (κ1) is 13.9. The average molecular weight is 274 g/mol. The van der Waals surface area contributed by atoms with Crippen LogP contribution in [0.1, 0.15) is 28.7 Å². The van der Waals surface area contributed by atoms with Crippen LogP contribution >= 0.6 is 0 Å². The van der Waals surface area contributed by atoms with Crippen LogP contribution in [0.4, 0.5) is 5.69 Å². The van der Waals surface area contributed by atoms with Gasteiger partial charge in [-0.15, -0.1) is 0 Å². The Bertz CT molecular complexity index is 607. The maximum absolute atomic E-state index is 12.0. The number of carbonyl (C=O) groups excluding carboxylic acids is 1. The number of benzene rings is 1. The lowest BCUT2D eigenvalue weighted by molar-refractivity contribution is 0.0946. The number of aryl methyl sites for hydroxylation is 1. The number of nitrogens with zero attached hydrogens (tertiary/aromatic N) is 1. The Kier molecular flexibility index (Phi) is 4.24. The highest BCUT2D eigenvalue weighted by atomic mass is 16.5. The third kappa shape index (κ3) is 2.90. The number of carbonyl (C=O) groups is 1. The Hall–Kier alpha value is -2.50. The van der Waals surface area contributed by atoms with E-state index in [-0.39, 0.29) is 11.6 Å². The van der Waals surface area contributed by atoms with Gasteiger partial charge in [0.15, 0.2) is 5.69 Å². The summed E-state index contributed by atoms with van der Waals surface area (Å²) < 4.78 is 5.13. The number of aromatic amines is 1. The maximum atomic E-state index is 12.0. The Morgan fingerprint density at radius 2 is 2.30 bits per heavy atom. The monoisotopic (exact) mass is 274 g/mol. The summed E-state index contributed by atoms with van der Waals surface area (Å²) in [6.45, 7) is 2.34. The van der Waals surface area contributed by atoms with Crippen LogP contribution in [-0.4, -0.2) is 23.2 Å². The van der Waals surface area contributed by atoms with Crippen molar-refractivity contribution in [3.05, 3.63) is 41.2 Å². The van der Waals surface area contributed by atoms with Gasteiger partial charge in [-0.05, 0) is 24.1 Å². The van der Waals surface area contributed by atoms with E-state index in [1.54, 1.807) is 7.11 Å². The van der Waals surface area contributed by atoms with Crippen molar-refractivity contribution in [3.63, 3.8) is 0 Å². The maximum Gasteiger partial charge on any atom is 0.274 e. The minimum Gasteiger partial charge on any atom is -0.497 e. The molecule has 0 unspecified atom stereocenters. The first-order chi connectivity index (χ1) is 9.65. The highest BCUT2D eigenvalue weighted by molar-refractivity contribution is 5.97. The van der Waals surface area contributed by atoms with Gasteiger partial charge in [-0.1, -0.05) is 19.1 Å². The number of methoxy groups -OCH3 is 1. The van der Waals surface area contributed by atoms with Gasteiger partial charge < -0.3 is 15.8 Å². The van der Waals surface area contributed by atoms with Gasteiger partial charge in [0.1, 0.15) is 5.75 Å². The van der Waals surface area contributed by atoms with Crippen molar-refractivity contribution in [1.29, 1.82) is 0 Å². The molecular weight excluding hydrogens is 256 g/mol. The van der Waals surface area contributed by atoms with E-state index >= 15 is 0 Å². The molecule has 2 aromatic rings. The molecule has 0 radical (unpaired) electrons. The standard InChI is InChI=1S/C14H18N4O2/c1-3-11-12(15)13(18-17-11)14(19)16-8-9-5-4-6-10(7-9)20-2/h4-7H,3,8,15H2,1-2H3,(H,16,19)(H,17,18). The summed E-state index contributed by atoms with van der Waals surface area (Å²) in [5, 5.41) is 9.50. The number of aromatic nitrogens is 2. The summed E-state index contributed by atoms with van der Waals surface area (Å²) >= 11 is 0. The SMILES string of the molecule is CCc1[nH]nc(C(=O)NCc2cccc(OC)c2)c1N. The zero-order valence-electron chi connectivity index (χ0n) is 11.6. The fourth-order valence-corrected chi connectivity index (χ4v) is 1.88. The molecule has 1 heterocycles. The van der Waals surface area contributed by atoms with Crippen LogP contribution < -0.4 is 15.8 Å². The summed E-state index contributed by atoms with van der Waals surface area (Å²) in [4.78, 5) is 12.0. The number of anilines is 1. The molecule has 0 spiro atoms. The highest BCUT2D eigenvalue weighted by Crippen LogP contribution is 2.15. The van der Waals surface area contributed by atoms with E-state index in [9.17, 15) is 4.79 Å². The number of nitrogens with one attached hydrogen (secondary N) is 2. The second kappa shape index (κ2) is 6.10. The van der Waals surface area contributed by atoms with Crippen LogP contribution in [0.2, 0.25) is 0 Å². The van der Waals surface area contributed by atoms with Crippen LogP contribution in [-0.2, 0) is 13.0 Å². The van der Waals surface area contributed by atoms with Gasteiger partial charge in [0.05, 0.1) is 18.5 Å². The molecule has 0 fully saturated rings. The van der Waals surface area contributed by atoms with E-state index < -0.39 is 0 Å². The molecule has 0 atom stereocenters. The number of rotatable bonds is 5. The minimum atomic E-state index is -0.290. The van der Waals surface area contributed by atoms with Gasteiger partial charge in [0.25, 0.3) is 5.91 Å². The van der Waals surface area contributed by atoms with E-state index in [2.05, 4.69) is 15.5 Å². The van der Waals surface area contributed by atoms with Gasteiger partial charge >= 0.3 is 0 Å². The topological polar surface area (TPSA) is 93.0 Å². The van der Waals surface area contributed by atoms with Crippen molar-refractivity contribution < 1.29 is 9.53 Å². The van der Waals surface area contributed by atoms with Crippen LogP contribution in [0.15, 0.2) is 24.3 Å². The number of hydrogen-bond acceptors (Lipinski definition) is 4. The smallest absolute Gasteiger partial charge is 0.274 e. The zero-order valence-corrected chi connectivity index (χ0v) is 11.6. The second-order valence-electron chi connectivity index (χ2n) is 4.35. The predicted molar refractivity (Wildman–Crippen MR) is 76.5 cm³/mol. The molecule has 0 bridgehead atoms. The lowest BCUT2D eigenvalue weighted by Crippen LogP contribution is -2.24. The molecule has 6 heteroatoms. The second-order valence-corrected chi connectivity index (χ2v) is 4.35. The van der Waals surface area contributed by atoms with Crippen molar-refractivity contribution in [1.82, 2.24) is 15.5 Å². The first-order valence-corrected chi connectivity index (χ1v) is 6.39. The van der Waals surface area contributed by atoms with Crippen molar-refractivity contribution in [2.75, 3.05) is 12.8 Å². The molecule has 0 aliphatic heterocycles. The largest absolute Gasteiger partial charge is 0.497 e. The molecule has 1 amide bonds. The number of amides is 1. The van der Waals surface area contributed by atoms with Gasteiger partial charge in [0.2, 0.25) is 0 Å². The number of ether oxygens (including phenoxy) is 1. The molecule has 0 aliphatic carbocycles. The summed E-state index contributed by atoms with van der Waals surface area (Å²) in [5.41, 5.74) is 8.23. The van der Waals surface area contributed by atoms with Crippen molar-refractivity contribution in [3.8, 4) is 5.75 Å². The molecule has 0 saturated heterocycles. The first-order valence-electron chi connectivity index (χ1n) is 6.39. The van der Waals surface area contributed by atoms with E-state index in [1.807, 2.05) is 31.2 Å². The average Bonchev–Trinajstić information content (AvgIpc) is 2.86. The van der Waals surface area contributed by atoms with Crippen LogP contribution in [0.5, 0.6) is 5.75 Å². The lowest BCUT2D eigenvalue weighted by atomic mass is 10.2. The van der Waals surface area contributed by atoms with Gasteiger partial charge in [0, 0.05) is 6.54 Å². The Morgan fingerprint density at radius 1 is 1.50 bits per heavy atom.